The molecule has 3 heterocycles. The first-order valence-corrected chi connectivity index (χ1v) is 5.68. The van der Waals surface area contributed by atoms with Crippen LogP contribution in [-0.4, -0.2) is 35.8 Å². The van der Waals surface area contributed by atoms with Crippen molar-refractivity contribution in [2.24, 2.45) is 0 Å². The molecule has 0 saturated heterocycles. The normalized spacial score (nSPS) is 10.7. The molecule has 0 unspecified atom stereocenters. The van der Waals surface area contributed by atoms with Crippen molar-refractivity contribution in [1.82, 2.24) is 24.7 Å². The summed E-state index contributed by atoms with van der Waals surface area (Å²) in [6, 6.07) is 3.49. The topological polar surface area (TPSA) is 107 Å². The Bertz CT molecular complexity index is 777. The van der Waals surface area contributed by atoms with Crippen LogP contribution in [0.25, 0.3) is 17.3 Å². The summed E-state index contributed by atoms with van der Waals surface area (Å²) in [5, 5.41) is 12.6. The Kier molecular flexibility index (Phi) is 2.75. The number of hydrogen-bond acceptors (Lipinski definition) is 6. The minimum absolute atomic E-state index is 0.0664. The number of aryl methyl sites for hydroxylation is 1. The molecule has 0 aliphatic heterocycles. The molecule has 3 aromatic heterocycles. The van der Waals surface area contributed by atoms with Gasteiger partial charge in [0.1, 0.15) is 6.33 Å². The average Bonchev–Trinajstić information content (AvgIpc) is 3.07. The molecule has 8 heteroatoms. The second-order valence-corrected chi connectivity index (χ2v) is 3.99. The quantitative estimate of drug-likeness (QED) is 0.765. The van der Waals surface area contributed by atoms with Gasteiger partial charge in [0.15, 0.2) is 17.3 Å². The van der Waals surface area contributed by atoms with E-state index in [9.17, 15) is 4.79 Å². The van der Waals surface area contributed by atoms with Gasteiger partial charge in [-0.25, -0.2) is 14.8 Å². The van der Waals surface area contributed by atoms with Crippen LogP contribution in [0.15, 0.2) is 35.4 Å². The fourth-order valence-electron chi connectivity index (χ4n) is 1.73. The Morgan fingerprint density at radius 2 is 2.25 bits per heavy atom. The van der Waals surface area contributed by atoms with E-state index in [1.165, 1.54) is 17.1 Å². The highest BCUT2D eigenvalue weighted by atomic mass is 16.5. The van der Waals surface area contributed by atoms with Crippen LogP contribution in [0, 0.1) is 6.92 Å². The van der Waals surface area contributed by atoms with Crippen molar-refractivity contribution in [3.05, 3.63) is 42.4 Å². The molecule has 0 fully saturated rings. The average molecular weight is 271 g/mol. The van der Waals surface area contributed by atoms with E-state index in [1.54, 1.807) is 25.3 Å². The van der Waals surface area contributed by atoms with E-state index in [-0.39, 0.29) is 5.69 Å². The molecule has 0 aliphatic carbocycles. The highest BCUT2D eigenvalue weighted by Crippen LogP contribution is 2.23. The first-order chi connectivity index (χ1) is 9.65. The minimum atomic E-state index is -1.10. The lowest BCUT2D eigenvalue weighted by Crippen LogP contribution is -1.99. The maximum Gasteiger partial charge on any atom is 0.356 e. The van der Waals surface area contributed by atoms with Gasteiger partial charge in [0.05, 0.1) is 5.56 Å². The van der Waals surface area contributed by atoms with Crippen LogP contribution in [0.1, 0.15) is 16.3 Å². The van der Waals surface area contributed by atoms with Crippen LogP contribution in [0.5, 0.6) is 0 Å². The van der Waals surface area contributed by atoms with Crippen molar-refractivity contribution in [2.45, 2.75) is 6.92 Å². The Morgan fingerprint density at radius 1 is 1.40 bits per heavy atom. The number of pyridine rings is 1. The minimum Gasteiger partial charge on any atom is -0.476 e. The zero-order valence-corrected chi connectivity index (χ0v) is 10.4. The molecular formula is C12H9N5O3. The van der Waals surface area contributed by atoms with Gasteiger partial charge in [-0.15, -0.1) is 0 Å². The number of hydrogen-bond donors (Lipinski definition) is 1. The van der Waals surface area contributed by atoms with E-state index in [1.807, 2.05) is 0 Å². The smallest absolute Gasteiger partial charge is 0.356 e. The van der Waals surface area contributed by atoms with Gasteiger partial charge >= 0.3 is 5.97 Å². The van der Waals surface area contributed by atoms with Crippen molar-refractivity contribution in [3.8, 4) is 17.3 Å². The van der Waals surface area contributed by atoms with Gasteiger partial charge < -0.3 is 9.63 Å². The highest BCUT2D eigenvalue weighted by molar-refractivity contribution is 5.85. The number of carboxylic acids is 1. The molecular weight excluding hydrogens is 262 g/mol. The molecule has 1 N–H and O–H groups in total. The number of aromatic carboxylic acids is 1. The lowest BCUT2D eigenvalue weighted by Gasteiger charge is -2.04. The molecule has 8 nitrogen and oxygen atoms in total. The summed E-state index contributed by atoms with van der Waals surface area (Å²) in [5.74, 6) is 0.189. The first kappa shape index (κ1) is 12.0. The molecule has 100 valence electrons. The van der Waals surface area contributed by atoms with Crippen LogP contribution < -0.4 is 0 Å². The van der Waals surface area contributed by atoms with E-state index in [0.717, 1.165) is 0 Å². The predicted molar refractivity (Wildman–Crippen MR) is 66.3 cm³/mol. The molecule has 0 bridgehead atoms. The van der Waals surface area contributed by atoms with Crippen LogP contribution in [-0.2, 0) is 0 Å². The Labute approximate surface area is 112 Å². The molecule has 20 heavy (non-hydrogen) atoms. The number of carbonyl (C=O) groups is 1. The fourth-order valence-corrected chi connectivity index (χ4v) is 1.73. The van der Waals surface area contributed by atoms with E-state index < -0.39 is 5.97 Å². The monoisotopic (exact) mass is 271 g/mol. The number of rotatable bonds is 3. The standard InChI is InChI=1S/C12H9N5O3/c1-7-15-11(20-16-7)8-3-2-4-13-10(8)17-5-9(12(18)19)14-6-17/h2-6H,1H3,(H,18,19). The van der Waals surface area contributed by atoms with Crippen LogP contribution in [0.2, 0.25) is 0 Å². The van der Waals surface area contributed by atoms with E-state index in [2.05, 4.69) is 20.1 Å². The van der Waals surface area contributed by atoms with Gasteiger partial charge in [0.2, 0.25) is 0 Å². The Balaban J connectivity index is 2.11. The molecule has 0 radical (unpaired) electrons. The lowest BCUT2D eigenvalue weighted by molar-refractivity contribution is 0.0691. The summed E-state index contributed by atoms with van der Waals surface area (Å²) >= 11 is 0. The zero-order chi connectivity index (χ0) is 14.1. The predicted octanol–water partition coefficient (Wildman–Crippen LogP) is 1.32. The summed E-state index contributed by atoms with van der Waals surface area (Å²) in [6.07, 6.45) is 4.33. The maximum absolute atomic E-state index is 10.9. The fraction of sp³-hybridized carbons (Fsp3) is 0.0833. The van der Waals surface area contributed by atoms with E-state index >= 15 is 0 Å². The first-order valence-electron chi connectivity index (χ1n) is 5.68. The third kappa shape index (κ3) is 2.03. The van der Waals surface area contributed by atoms with Crippen molar-refractivity contribution >= 4 is 5.97 Å². The second kappa shape index (κ2) is 4.57. The lowest BCUT2D eigenvalue weighted by atomic mass is 10.2. The number of aromatic nitrogens is 5. The van der Waals surface area contributed by atoms with Gasteiger partial charge in [-0.05, 0) is 19.1 Å². The number of carboxylic acid groups (broad SMARTS) is 1. The largest absolute Gasteiger partial charge is 0.476 e. The van der Waals surface area contributed by atoms with Crippen LogP contribution >= 0.6 is 0 Å². The second-order valence-electron chi connectivity index (χ2n) is 3.99. The summed E-state index contributed by atoms with van der Waals surface area (Å²) in [4.78, 5) is 23.0. The number of nitrogens with zero attached hydrogens (tertiary/aromatic N) is 5. The maximum atomic E-state index is 10.9. The van der Waals surface area contributed by atoms with E-state index in [0.29, 0.717) is 23.1 Å². The molecule has 3 rings (SSSR count). The zero-order valence-electron chi connectivity index (χ0n) is 10.4. The molecule has 3 aromatic rings. The van der Waals surface area contributed by atoms with Gasteiger partial charge in [-0.2, -0.15) is 4.98 Å². The Hall–Kier alpha value is -3.03. The van der Waals surface area contributed by atoms with Crippen molar-refractivity contribution in [2.75, 3.05) is 0 Å². The van der Waals surface area contributed by atoms with Crippen LogP contribution in [0.4, 0.5) is 0 Å². The summed E-state index contributed by atoms with van der Waals surface area (Å²) in [6.45, 7) is 1.71. The van der Waals surface area contributed by atoms with Gasteiger partial charge in [0.25, 0.3) is 5.89 Å². The summed E-state index contributed by atoms with van der Waals surface area (Å²) in [7, 11) is 0. The van der Waals surface area contributed by atoms with E-state index in [4.69, 9.17) is 9.63 Å². The van der Waals surface area contributed by atoms with Crippen molar-refractivity contribution in [1.29, 1.82) is 0 Å². The molecule has 0 aliphatic rings. The van der Waals surface area contributed by atoms with Gasteiger partial charge in [0, 0.05) is 12.4 Å². The van der Waals surface area contributed by atoms with Crippen molar-refractivity contribution in [3.63, 3.8) is 0 Å². The summed E-state index contributed by atoms with van der Waals surface area (Å²) < 4.78 is 6.61. The number of imidazole rings is 1. The van der Waals surface area contributed by atoms with Gasteiger partial charge in [-0.3, -0.25) is 4.57 Å². The molecule has 0 saturated carbocycles. The van der Waals surface area contributed by atoms with Crippen LogP contribution in [0.3, 0.4) is 0 Å². The van der Waals surface area contributed by atoms with Crippen molar-refractivity contribution < 1.29 is 14.4 Å². The molecule has 0 amide bonds. The third-order valence-electron chi connectivity index (χ3n) is 2.59. The Morgan fingerprint density at radius 3 is 2.90 bits per heavy atom. The SMILES string of the molecule is Cc1noc(-c2cccnc2-n2cnc(C(=O)O)c2)n1. The molecule has 0 aromatic carbocycles. The van der Waals surface area contributed by atoms with Gasteiger partial charge in [-0.1, -0.05) is 5.16 Å². The third-order valence-corrected chi connectivity index (χ3v) is 2.59. The molecule has 0 atom stereocenters. The summed E-state index contributed by atoms with van der Waals surface area (Å²) in [5.41, 5.74) is 0.533. The highest BCUT2D eigenvalue weighted by Gasteiger charge is 2.15. The molecule has 0 spiro atoms.